The Morgan fingerprint density at radius 2 is 2.00 bits per heavy atom. The second-order valence-electron chi connectivity index (χ2n) is 5.78. The Morgan fingerprint density at radius 3 is 2.79 bits per heavy atom. The molecule has 24 heavy (non-hydrogen) atoms. The average Bonchev–Trinajstić information content (AvgIpc) is 3.24. The van der Waals surface area contributed by atoms with Crippen molar-refractivity contribution < 1.29 is 4.42 Å². The molecule has 0 aliphatic carbocycles. The molecule has 4 aromatic heterocycles. The van der Waals surface area contributed by atoms with Gasteiger partial charge in [-0.1, -0.05) is 12.1 Å². The van der Waals surface area contributed by atoms with Crippen LogP contribution in [0.2, 0.25) is 0 Å². The first-order valence-electron chi connectivity index (χ1n) is 7.93. The van der Waals surface area contributed by atoms with E-state index in [9.17, 15) is 0 Å². The van der Waals surface area contributed by atoms with Crippen LogP contribution in [0.3, 0.4) is 0 Å². The summed E-state index contributed by atoms with van der Waals surface area (Å²) in [7, 11) is 0. The quantitative estimate of drug-likeness (QED) is 0.546. The molecule has 0 aliphatic rings. The molecular formula is C19H18N4O. The molecular weight excluding hydrogens is 300 g/mol. The Bertz CT molecular complexity index is 866. The summed E-state index contributed by atoms with van der Waals surface area (Å²) in [5.74, 6) is 0.947. The first-order valence-corrected chi connectivity index (χ1v) is 7.93. The van der Waals surface area contributed by atoms with Gasteiger partial charge in [-0.15, -0.1) is 0 Å². The van der Waals surface area contributed by atoms with Crippen LogP contribution < -0.4 is 0 Å². The van der Waals surface area contributed by atoms with E-state index >= 15 is 0 Å². The van der Waals surface area contributed by atoms with Gasteiger partial charge >= 0.3 is 0 Å². The fraction of sp³-hybridized carbons (Fsp3) is 0.158. The van der Waals surface area contributed by atoms with Crippen molar-refractivity contribution in [2.24, 2.45) is 0 Å². The van der Waals surface area contributed by atoms with Gasteiger partial charge in [-0.2, -0.15) is 0 Å². The number of furan rings is 1. The Labute approximate surface area is 140 Å². The van der Waals surface area contributed by atoms with E-state index in [4.69, 9.17) is 9.40 Å². The van der Waals surface area contributed by atoms with Crippen LogP contribution >= 0.6 is 0 Å². The van der Waals surface area contributed by atoms with Crippen molar-refractivity contribution in [2.75, 3.05) is 0 Å². The first-order chi connectivity index (χ1) is 11.9. The summed E-state index contributed by atoms with van der Waals surface area (Å²) in [5.41, 5.74) is 3.18. The van der Waals surface area contributed by atoms with Crippen LogP contribution in [0.1, 0.15) is 17.0 Å². The summed E-state index contributed by atoms with van der Waals surface area (Å²) in [6, 6.07) is 14.0. The monoisotopic (exact) mass is 318 g/mol. The summed E-state index contributed by atoms with van der Waals surface area (Å²) in [6.45, 7) is 2.27. The van der Waals surface area contributed by atoms with Gasteiger partial charge in [-0.3, -0.25) is 9.88 Å². The van der Waals surface area contributed by atoms with Crippen LogP contribution in [-0.4, -0.2) is 19.3 Å². The second-order valence-corrected chi connectivity index (χ2v) is 5.78. The number of imidazole rings is 1. The number of hydrogen-bond donors (Lipinski definition) is 0. The molecule has 0 unspecified atom stereocenters. The van der Waals surface area contributed by atoms with Crippen molar-refractivity contribution >= 4 is 5.65 Å². The highest BCUT2D eigenvalue weighted by atomic mass is 16.3. The normalized spacial score (nSPS) is 11.4. The minimum Gasteiger partial charge on any atom is -0.468 e. The Balaban J connectivity index is 1.56. The van der Waals surface area contributed by atoms with Crippen molar-refractivity contribution in [3.05, 3.63) is 90.5 Å². The Morgan fingerprint density at radius 1 is 1.00 bits per heavy atom. The molecule has 0 atom stereocenters. The van der Waals surface area contributed by atoms with Crippen molar-refractivity contribution in [3.8, 4) is 0 Å². The van der Waals surface area contributed by atoms with Gasteiger partial charge in [0.05, 0.1) is 18.5 Å². The van der Waals surface area contributed by atoms with E-state index in [1.165, 1.54) is 5.56 Å². The van der Waals surface area contributed by atoms with Gasteiger partial charge in [-0.05, 0) is 35.9 Å². The minimum absolute atomic E-state index is 0.732. The van der Waals surface area contributed by atoms with Gasteiger partial charge in [0, 0.05) is 37.9 Å². The lowest BCUT2D eigenvalue weighted by Gasteiger charge is -2.20. The number of pyridine rings is 2. The topological polar surface area (TPSA) is 46.6 Å². The number of nitrogens with zero attached hydrogens (tertiary/aromatic N) is 4. The summed E-state index contributed by atoms with van der Waals surface area (Å²) in [6.07, 6.45) is 9.50. The molecule has 5 nitrogen and oxygen atoms in total. The molecule has 0 saturated carbocycles. The van der Waals surface area contributed by atoms with Crippen LogP contribution in [0, 0.1) is 0 Å². The van der Waals surface area contributed by atoms with E-state index in [0.717, 1.165) is 36.7 Å². The van der Waals surface area contributed by atoms with Crippen LogP contribution in [0.25, 0.3) is 5.65 Å². The SMILES string of the molecule is c1cncc(CN(Cc2cn3ccccc3n2)Cc2ccco2)c1. The summed E-state index contributed by atoms with van der Waals surface area (Å²) < 4.78 is 7.56. The van der Waals surface area contributed by atoms with Gasteiger partial charge in [-0.25, -0.2) is 4.98 Å². The predicted molar refractivity (Wildman–Crippen MR) is 91.1 cm³/mol. The molecule has 4 aromatic rings. The van der Waals surface area contributed by atoms with E-state index in [1.54, 1.807) is 12.5 Å². The smallest absolute Gasteiger partial charge is 0.137 e. The zero-order valence-corrected chi connectivity index (χ0v) is 13.2. The fourth-order valence-corrected chi connectivity index (χ4v) is 2.83. The highest BCUT2D eigenvalue weighted by molar-refractivity contribution is 5.39. The molecule has 0 amide bonds. The molecule has 120 valence electrons. The van der Waals surface area contributed by atoms with Crippen LogP contribution in [0.15, 0.2) is 77.9 Å². The van der Waals surface area contributed by atoms with Crippen LogP contribution in [0.5, 0.6) is 0 Å². The largest absolute Gasteiger partial charge is 0.468 e. The van der Waals surface area contributed by atoms with Crippen molar-refractivity contribution in [3.63, 3.8) is 0 Å². The highest BCUT2D eigenvalue weighted by Crippen LogP contribution is 2.14. The van der Waals surface area contributed by atoms with Crippen molar-refractivity contribution in [2.45, 2.75) is 19.6 Å². The fourth-order valence-electron chi connectivity index (χ4n) is 2.83. The molecule has 5 heteroatoms. The van der Waals surface area contributed by atoms with E-state index in [2.05, 4.69) is 22.1 Å². The van der Waals surface area contributed by atoms with Gasteiger partial charge < -0.3 is 8.82 Å². The first kappa shape index (κ1) is 14.7. The second kappa shape index (κ2) is 6.68. The summed E-state index contributed by atoms with van der Waals surface area (Å²) >= 11 is 0. The van der Waals surface area contributed by atoms with Gasteiger partial charge in [0.2, 0.25) is 0 Å². The van der Waals surface area contributed by atoms with Crippen molar-refractivity contribution in [1.82, 2.24) is 19.3 Å². The van der Waals surface area contributed by atoms with Crippen LogP contribution in [0.4, 0.5) is 0 Å². The molecule has 0 spiro atoms. The maximum atomic E-state index is 5.52. The molecule has 0 saturated heterocycles. The molecule has 0 bridgehead atoms. The Hall–Kier alpha value is -2.92. The molecule has 0 aliphatic heterocycles. The number of rotatable bonds is 6. The Kier molecular flexibility index (Phi) is 4.08. The third-order valence-electron chi connectivity index (χ3n) is 3.89. The van der Waals surface area contributed by atoms with Crippen LogP contribution in [-0.2, 0) is 19.6 Å². The lowest BCUT2D eigenvalue weighted by molar-refractivity contribution is 0.224. The highest BCUT2D eigenvalue weighted by Gasteiger charge is 2.12. The lowest BCUT2D eigenvalue weighted by Crippen LogP contribution is -2.22. The third kappa shape index (κ3) is 3.36. The maximum Gasteiger partial charge on any atom is 0.137 e. The zero-order chi connectivity index (χ0) is 16.2. The predicted octanol–water partition coefficient (Wildman–Crippen LogP) is 3.52. The van der Waals surface area contributed by atoms with E-state index in [1.807, 2.05) is 53.2 Å². The van der Waals surface area contributed by atoms with Gasteiger partial charge in [0.15, 0.2) is 0 Å². The van der Waals surface area contributed by atoms with Gasteiger partial charge in [0.1, 0.15) is 11.4 Å². The molecule has 4 heterocycles. The van der Waals surface area contributed by atoms with E-state index in [-0.39, 0.29) is 0 Å². The maximum absolute atomic E-state index is 5.52. The standard InChI is InChI=1S/C19H18N4O/c1-2-9-23-14-17(21-19(23)7-1)13-22(15-18-6-4-10-24-18)12-16-5-3-8-20-11-16/h1-11,14H,12-13,15H2. The minimum atomic E-state index is 0.732. The summed E-state index contributed by atoms with van der Waals surface area (Å²) in [4.78, 5) is 11.2. The van der Waals surface area contributed by atoms with E-state index in [0.29, 0.717) is 0 Å². The number of hydrogen-bond acceptors (Lipinski definition) is 4. The number of fused-ring (bicyclic) bond motifs is 1. The number of aromatic nitrogens is 3. The molecule has 4 rings (SSSR count). The summed E-state index contributed by atoms with van der Waals surface area (Å²) in [5, 5.41) is 0. The molecule has 0 aromatic carbocycles. The third-order valence-corrected chi connectivity index (χ3v) is 3.89. The van der Waals surface area contributed by atoms with Gasteiger partial charge in [0.25, 0.3) is 0 Å². The average molecular weight is 318 g/mol. The molecule has 0 N–H and O–H groups in total. The van der Waals surface area contributed by atoms with E-state index < -0.39 is 0 Å². The lowest BCUT2D eigenvalue weighted by atomic mass is 10.2. The van der Waals surface area contributed by atoms with Crippen molar-refractivity contribution in [1.29, 1.82) is 0 Å². The molecule has 0 fully saturated rings. The molecule has 0 radical (unpaired) electrons. The zero-order valence-electron chi connectivity index (χ0n) is 13.2.